The van der Waals surface area contributed by atoms with Crippen molar-refractivity contribution in [2.24, 2.45) is 0 Å². The number of alkyl halides is 2. The summed E-state index contributed by atoms with van der Waals surface area (Å²) in [6, 6.07) is 9.40. The van der Waals surface area contributed by atoms with E-state index in [0.29, 0.717) is 11.1 Å². The van der Waals surface area contributed by atoms with E-state index < -0.39 is 23.5 Å². The molecule has 0 saturated carbocycles. The number of benzene rings is 2. The molecule has 0 atom stereocenters. The smallest absolute Gasteiger partial charge is 0.326 e. The second kappa shape index (κ2) is 13.9. The van der Waals surface area contributed by atoms with Crippen LogP contribution in [0.3, 0.4) is 0 Å². The quantitative estimate of drug-likeness (QED) is 0.134. The Bertz CT molecular complexity index is 1060. The Morgan fingerprint density at radius 2 is 1.09 bits per heavy atom. The molecule has 0 unspecified atom stereocenters. The largest absolute Gasteiger partial charge is 0.493 e. The number of methoxy groups -OCH3 is 2. The number of halogens is 2. The zero-order valence-corrected chi connectivity index (χ0v) is 20.4. The molecule has 0 spiro atoms. The molecule has 0 N–H and O–H groups in total. The Morgan fingerprint density at radius 1 is 0.686 bits per heavy atom. The molecule has 2 aromatic rings. The molecule has 0 aliphatic carbocycles. The van der Waals surface area contributed by atoms with Crippen molar-refractivity contribution in [3.8, 4) is 23.0 Å². The SMILES string of the molecule is COc1cc(/C=C/C(=O)CC(=O)/C=C/c2ccc(OC(=O)CCl)c(OC)c2)ccc1OC(=O)CCl. The van der Waals surface area contributed by atoms with Crippen LogP contribution in [0.1, 0.15) is 17.5 Å². The average Bonchev–Trinajstić information content (AvgIpc) is 2.87. The molecule has 10 heteroatoms. The molecule has 8 nitrogen and oxygen atoms in total. The zero-order valence-electron chi connectivity index (χ0n) is 18.9. The molecule has 0 radical (unpaired) electrons. The van der Waals surface area contributed by atoms with Crippen molar-refractivity contribution in [1.82, 2.24) is 0 Å². The average molecular weight is 521 g/mol. The minimum absolute atomic E-state index is 0.198. The summed E-state index contributed by atoms with van der Waals surface area (Å²) in [5, 5.41) is 0. The lowest BCUT2D eigenvalue weighted by Gasteiger charge is -2.09. The fourth-order valence-electron chi connectivity index (χ4n) is 2.71. The van der Waals surface area contributed by atoms with Gasteiger partial charge in [-0.3, -0.25) is 19.2 Å². The lowest BCUT2D eigenvalue weighted by molar-refractivity contribution is -0.132. The summed E-state index contributed by atoms with van der Waals surface area (Å²) in [4.78, 5) is 47.1. The molecule has 184 valence electrons. The fourth-order valence-corrected chi connectivity index (χ4v) is 2.82. The maximum Gasteiger partial charge on any atom is 0.326 e. The second-order valence-corrected chi connectivity index (χ2v) is 7.35. The maximum absolute atomic E-state index is 12.2. The van der Waals surface area contributed by atoms with Crippen molar-refractivity contribution in [3.05, 3.63) is 59.7 Å². The van der Waals surface area contributed by atoms with Gasteiger partial charge in [0, 0.05) is 0 Å². The summed E-state index contributed by atoms with van der Waals surface area (Å²) in [5.74, 6) is -1.69. The highest BCUT2D eigenvalue weighted by Crippen LogP contribution is 2.30. The van der Waals surface area contributed by atoms with Crippen molar-refractivity contribution >= 4 is 58.9 Å². The maximum atomic E-state index is 12.2. The van der Waals surface area contributed by atoms with Crippen LogP contribution in [-0.4, -0.2) is 49.5 Å². The highest BCUT2D eigenvalue weighted by atomic mass is 35.5. The standard InChI is InChI=1S/C25H22Cl2O8/c1-32-22-11-16(5-9-20(22)34-24(30)14-26)3-7-18(28)13-19(29)8-4-17-6-10-21(23(12-17)33-2)35-25(31)15-27/h3-12H,13-15H2,1-2H3/b7-3+,8-4+. The van der Waals surface area contributed by atoms with Gasteiger partial charge in [-0.05, 0) is 47.5 Å². The highest BCUT2D eigenvalue weighted by molar-refractivity contribution is 6.27. The molecule has 0 aliphatic heterocycles. The van der Waals surface area contributed by atoms with Crippen molar-refractivity contribution in [3.63, 3.8) is 0 Å². The number of carbonyl (C=O) groups is 4. The number of allylic oxidation sites excluding steroid dienone is 2. The molecule has 0 heterocycles. The lowest BCUT2D eigenvalue weighted by Crippen LogP contribution is -2.09. The number of ether oxygens (including phenoxy) is 4. The molecule has 0 fully saturated rings. The zero-order chi connectivity index (χ0) is 25.8. The van der Waals surface area contributed by atoms with Gasteiger partial charge in [-0.2, -0.15) is 0 Å². The molecule has 0 bridgehead atoms. The Kier molecular flexibility index (Phi) is 11.0. The first-order valence-electron chi connectivity index (χ1n) is 10.1. The van der Waals surface area contributed by atoms with Gasteiger partial charge in [0.15, 0.2) is 34.6 Å². The molecule has 0 aliphatic rings. The van der Waals surface area contributed by atoms with Crippen LogP contribution in [0.15, 0.2) is 48.6 Å². The molecule has 2 rings (SSSR count). The molecular weight excluding hydrogens is 499 g/mol. The first-order chi connectivity index (χ1) is 16.8. The number of esters is 2. The summed E-state index contributed by atoms with van der Waals surface area (Å²) < 4.78 is 20.5. The van der Waals surface area contributed by atoms with E-state index in [-0.39, 0.29) is 41.2 Å². The first-order valence-corrected chi connectivity index (χ1v) is 11.2. The van der Waals surface area contributed by atoms with Gasteiger partial charge in [-0.25, -0.2) is 0 Å². The number of carbonyl (C=O) groups excluding carboxylic acids is 4. The van der Waals surface area contributed by atoms with E-state index >= 15 is 0 Å². The Labute approximate surface area is 212 Å². The molecule has 2 aromatic carbocycles. The summed E-state index contributed by atoms with van der Waals surface area (Å²) in [7, 11) is 2.82. The Hall–Kier alpha value is -3.62. The van der Waals surface area contributed by atoms with E-state index in [1.165, 1.54) is 50.7 Å². The van der Waals surface area contributed by atoms with Crippen LogP contribution >= 0.6 is 23.2 Å². The van der Waals surface area contributed by atoms with Crippen LogP contribution in [0.2, 0.25) is 0 Å². The van der Waals surface area contributed by atoms with Crippen molar-refractivity contribution < 1.29 is 38.1 Å². The van der Waals surface area contributed by atoms with Crippen molar-refractivity contribution in [2.75, 3.05) is 26.0 Å². The molecule has 0 amide bonds. The van der Waals surface area contributed by atoms with Gasteiger partial charge in [0.05, 0.1) is 20.6 Å². The van der Waals surface area contributed by atoms with Gasteiger partial charge in [0.25, 0.3) is 0 Å². The second-order valence-electron chi connectivity index (χ2n) is 6.81. The molecule has 35 heavy (non-hydrogen) atoms. The topological polar surface area (TPSA) is 105 Å². The molecule has 0 saturated heterocycles. The number of rotatable bonds is 12. The fraction of sp³-hybridized carbons (Fsp3) is 0.200. The third-order valence-corrected chi connectivity index (χ3v) is 4.75. The van der Waals surface area contributed by atoms with E-state index in [4.69, 9.17) is 42.1 Å². The van der Waals surface area contributed by atoms with Crippen molar-refractivity contribution in [1.29, 1.82) is 0 Å². The van der Waals surface area contributed by atoms with Gasteiger partial charge in [-0.1, -0.05) is 24.3 Å². The Morgan fingerprint density at radius 3 is 1.43 bits per heavy atom. The van der Waals surface area contributed by atoms with E-state index in [1.807, 2.05) is 0 Å². The summed E-state index contributed by atoms with van der Waals surface area (Å²) in [6.45, 7) is 0. The predicted molar refractivity (Wildman–Crippen MR) is 131 cm³/mol. The van der Waals surface area contributed by atoms with Crippen LogP contribution < -0.4 is 18.9 Å². The van der Waals surface area contributed by atoms with Crippen molar-refractivity contribution in [2.45, 2.75) is 6.42 Å². The molecule has 0 aromatic heterocycles. The monoisotopic (exact) mass is 520 g/mol. The predicted octanol–water partition coefficient (Wildman–Crippen LogP) is 4.25. The highest BCUT2D eigenvalue weighted by Gasteiger charge is 2.11. The van der Waals surface area contributed by atoms with Gasteiger partial charge in [0.1, 0.15) is 11.8 Å². The van der Waals surface area contributed by atoms with Crippen LogP contribution in [0, 0.1) is 0 Å². The number of hydrogen-bond donors (Lipinski definition) is 0. The van der Waals surface area contributed by atoms with Crippen LogP contribution in [0.5, 0.6) is 23.0 Å². The van der Waals surface area contributed by atoms with Gasteiger partial charge in [-0.15, -0.1) is 23.2 Å². The third-order valence-electron chi connectivity index (χ3n) is 4.31. The third kappa shape index (κ3) is 8.92. The van der Waals surface area contributed by atoms with Gasteiger partial charge < -0.3 is 18.9 Å². The number of hydrogen-bond acceptors (Lipinski definition) is 8. The molecular formula is C25H22Cl2O8. The van der Waals surface area contributed by atoms with Gasteiger partial charge >= 0.3 is 11.9 Å². The minimum atomic E-state index is -0.626. The van der Waals surface area contributed by atoms with E-state index in [9.17, 15) is 19.2 Å². The normalized spacial score (nSPS) is 10.9. The first kappa shape index (κ1) is 27.6. The van der Waals surface area contributed by atoms with E-state index in [1.54, 1.807) is 24.3 Å². The Balaban J connectivity index is 1.99. The van der Waals surface area contributed by atoms with Crippen LogP contribution in [-0.2, 0) is 19.2 Å². The van der Waals surface area contributed by atoms with Crippen LogP contribution in [0.25, 0.3) is 12.2 Å². The minimum Gasteiger partial charge on any atom is -0.493 e. The summed E-state index contributed by atoms with van der Waals surface area (Å²) in [5.41, 5.74) is 1.21. The van der Waals surface area contributed by atoms with Crippen LogP contribution in [0.4, 0.5) is 0 Å². The van der Waals surface area contributed by atoms with E-state index in [0.717, 1.165) is 0 Å². The lowest BCUT2D eigenvalue weighted by atomic mass is 10.1. The van der Waals surface area contributed by atoms with E-state index in [2.05, 4.69) is 0 Å². The summed E-state index contributed by atoms with van der Waals surface area (Å²) >= 11 is 10.9. The number of ketones is 2. The summed E-state index contributed by atoms with van der Waals surface area (Å²) in [6.07, 6.45) is 5.24. The van der Waals surface area contributed by atoms with Gasteiger partial charge in [0.2, 0.25) is 0 Å².